The Bertz CT molecular complexity index is 2220. The number of nitrogens with one attached hydrogen (secondary N) is 2. The van der Waals surface area contributed by atoms with Crippen molar-refractivity contribution in [2.24, 2.45) is 0 Å². The number of anilines is 2. The number of aromatic nitrogens is 2. The van der Waals surface area contributed by atoms with Crippen LogP contribution < -0.4 is 26.7 Å². The fraction of sp³-hybridized carbons (Fsp3) is 0.425. The van der Waals surface area contributed by atoms with Crippen LogP contribution in [0.2, 0.25) is 0 Å². The van der Waals surface area contributed by atoms with Gasteiger partial charge in [0.05, 0.1) is 41.2 Å². The number of benzene rings is 3. The molecule has 4 fully saturated rings. The maximum Gasteiger partial charge on any atom is 0.261 e. The van der Waals surface area contributed by atoms with E-state index < -0.39 is 11.9 Å². The molecule has 2 atom stereocenters. The van der Waals surface area contributed by atoms with E-state index in [1.807, 2.05) is 18.2 Å². The molecule has 1 saturated carbocycles. The van der Waals surface area contributed by atoms with Gasteiger partial charge in [0.2, 0.25) is 11.8 Å². The first-order valence-corrected chi connectivity index (χ1v) is 18.5. The van der Waals surface area contributed by atoms with Crippen molar-refractivity contribution < 1.29 is 27.8 Å². The highest BCUT2D eigenvalue weighted by atomic mass is 19.1. The topological polar surface area (TPSA) is 165 Å². The molecule has 280 valence electrons. The van der Waals surface area contributed by atoms with E-state index in [0.717, 1.165) is 57.7 Å². The van der Waals surface area contributed by atoms with Crippen LogP contribution in [0.3, 0.4) is 0 Å². The van der Waals surface area contributed by atoms with Gasteiger partial charge in [0, 0.05) is 31.2 Å². The van der Waals surface area contributed by atoms with Crippen molar-refractivity contribution in [1.82, 2.24) is 19.8 Å². The Morgan fingerprint density at radius 2 is 1.78 bits per heavy atom. The number of imide groups is 1. The third kappa shape index (κ3) is 6.89. The summed E-state index contributed by atoms with van der Waals surface area (Å²) in [5, 5.41) is 15.2. The number of nitriles is 1. The molecule has 3 aromatic carbocycles. The normalized spacial score (nSPS) is 24.3. The number of hydrogen-bond acceptors (Lipinski definition) is 10. The SMILES string of the molecule is N#Cc1c(N)ccc(F)c1Oc1ccc2ncn([C@H]3COC4(CCN(C5CCC(c6ccc(NC7CCC(=O)NC7=O)cc6F)CC5)CC4)C3)c(=O)c2c1. The molecule has 2 amide bonds. The van der Waals surface area contributed by atoms with Gasteiger partial charge >= 0.3 is 0 Å². The van der Waals surface area contributed by atoms with Gasteiger partial charge in [0.1, 0.15) is 29.2 Å². The average molecular weight is 738 g/mol. The van der Waals surface area contributed by atoms with Gasteiger partial charge in [-0.2, -0.15) is 5.26 Å². The number of nitrogens with zero attached hydrogens (tertiary/aromatic N) is 4. The molecule has 1 aromatic heterocycles. The summed E-state index contributed by atoms with van der Waals surface area (Å²) in [5.74, 6) is -1.67. The van der Waals surface area contributed by atoms with Crippen LogP contribution in [-0.2, 0) is 14.3 Å². The van der Waals surface area contributed by atoms with Crippen molar-refractivity contribution in [1.29, 1.82) is 5.26 Å². The summed E-state index contributed by atoms with van der Waals surface area (Å²) in [6.45, 7) is 2.16. The number of amides is 2. The number of likely N-dealkylation sites (tertiary alicyclic amines) is 1. The summed E-state index contributed by atoms with van der Waals surface area (Å²) in [7, 11) is 0. The predicted octanol–water partition coefficient (Wildman–Crippen LogP) is 5.66. The Balaban J connectivity index is 0.864. The highest BCUT2D eigenvalue weighted by molar-refractivity contribution is 6.01. The largest absolute Gasteiger partial charge is 0.453 e. The zero-order valence-electron chi connectivity index (χ0n) is 29.7. The number of ether oxygens (including phenoxy) is 2. The minimum atomic E-state index is -0.739. The number of hydrogen-bond donors (Lipinski definition) is 3. The van der Waals surface area contributed by atoms with E-state index in [1.165, 1.54) is 18.2 Å². The van der Waals surface area contributed by atoms with Gasteiger partial charge in [-0.15, -0.1) is 0 Å². The number of nitrogen functional groups attached to an aromatic ring is 1. The van der Waals surface area contributed by atoms with Crippen molar-refractivity contribution in [3.8, 4) is 17.6 Å². The molecule has 54 heavy (non-hydrogen) atoms. The van der Waals surface area contributed by atoms with Crippen molar-refractivity contribution in [2.45, 2.75) is 87.4 Å². The van der Waals surface area contributed by atoms with Crippen LogP contribution in [0.25, 0.3) is 10.9 Å². The smallest absolute Gasteiger partial charge is 0.261 e. The number of carbonyl (C=O) groups is 2. The summed E-state index contributed by atoms with van der Waals surface area (Å²) in [6.07, 6.45) is 8.30. The van der Waals surface area contributed by atoms with E-state index in [0.29, 0.717) is 47.6 Å². The van der Waals surface area contributed by atoms with E-state index in [1.54, 1.807) is 23.0 Å². The van der Waals surface area contributed by atoms with E-state index in [9.17, 15) is 24.0 Å². The summed E-state index contributed by atoms with van der Waals surface area (Å²) >= 11 is 0. The second kappa shape index (κ2) is 14.4. The van der Waals surface area contributed by atoms with E-state index in [-0.39, 0.29) is 69.9 Å². The molecule has 3 saturated heterocycles. The first-order chi connectivity index (χ1) is 26.1. The van der Waals surface area contributed by atoms with Crippen molar-refractivity contribution in [3.05, 3.63) is 88.0 Å². The minimum absolute atomic E-state index is 0.0889. The molecule has 14 heteroatoms. The number of halogens is 2. The molecule has 1 aliphatic carbocycles. The first-order valence-electron chi connectivity index (χ1n) is 18.5. The van der Waals surface area contributed by atoms with Crippen molar-refractivity contribution in [3.63, 3.8) is 0 Å². The van der Waals surface area contributed by atoms with Crippen LogP contribution in [-0.4, -0.2) is 63.6 Å². The van der Waals surface area contributed by atoms with Gasteiger partial charge in [-0.3, -0.25) is 24.3 Å². The van der Waals surface area contributed by atoms with Crippen LogP contribution in [0.1, 0.15) is 80.9 Å². The highest BCUT2D eigenvalue weighted by Crippen LogP contribution is 2.43. The lowest BCUT2D eigenvalue weighted by atomic mass is 9.79. The number of piperidine rings is 2. The third-order valence-corrected chi connectivity index (χ3v) is 11.8. The summed E-state index contributed by atoms with van der Waals surface area (Å²) < 4.78 is 43.7. The standard InChI is InChI=1S/C40H41F2N7O5/c41-31-8-9-33(44)30(20-43)37(31)54-27-6-10-34-29(18-27)39(52)49(22-45-34)26-19-40(53-21-26)13-15-48(16-14-40)25-4-1-23(2-5-25)28-7-3-24(17-32(28)42)46-35-11-12-36(50)47-38(35)51/h3,6-10,17-18,22-23,25-26,35,46H,1-2,4-5,11-16,19,21,44H2,(H,47,50,51)/t23?,25?,26-,35?/m1/s1. The van der Waals surface area contributed by atoms with Crippen LogP contribution in [0.15, 0.2) is 59.7 Å². The van der Waals surface area contributed by atoms with Crippen LogP contribution in [0, 0.1) is 23.0 Å². The Morgan fingerprint density at radius 3 is 2.52 bits per heavy atom. The monoisotopic (exact) mass is 737 g/mol. The van der Waals surface area contributed by atoms with Crippen molar-refractivity contribution in [2.75, 3.05) is 30.7 Å². The first kappa shape index (κ1) is 35.6. The van der Waals surface area contributed by atoms with E-state index >= 15 is 4.39 Å². The third-order valence-electron chi connectivity index (χ3n) is 11.8. The molecule has 1 spiro atoms. The molecule has 4 aromatic rings. The Morgan fingerprint density at radius 1 is 0.981 bits per heavy atom. The zero-order chi connectivity index (χ0) is 37.6. The molecule has 0 radical (unpaired) electrons. The summed E-state index contributed by atoms with van der Waals surface area (Å²) in [4.78, 5) is 44.4. The van der Waals surface area contributed by atoms with Crippen molar-refractivity contribution >= 4 is 34.1 Å². The molecular weight excluding hydrogens is 696 g/mol. The van der Waals surface area contributed by atoms with Gasteiger partial charge < -0.3 is 25.4 Å². The molecule has 8 rings (SSSR count). The lowest BCUT2D eigenvalue weighted by molar-refractivity contribution is -0.133. The lowest BCUT2D eigenvalue weighted by Gasteiger charge is -2.44. The fourth-order valence-electron chi connectivity index (χ4n) is 8.72. The molecule has 1 unspecified atom stereocenters. The number of nitrogens with two attached hydrogens (primary N) is 1. The minimum Gasteiger partial charge on any atom is -0.453 e. The highest BCUT2D eigenvalue weighted by Gasteiger charge is 2.45. The zero-order valence-corrected chi connectivity index (χ0v) is 29.7. The maximum absolute atomic E-state index is 15.3. The quantitative estimate of drug-likeness (QED) is 0.159. The van der Waals surface area contributed by atoms with Gasteiger partial charge in [0.25, 0.3) is 5.56 Å². The molecule has 3 aliphatic heterocycles. The Hall–Kier alpha value is -5.39. The summed E-state index contributed by atoms with van der Waals surface area (Å²) in [5.41, 5.74) is 6.94. The Kier molecular flexibility index (Phi) is 9.53. The Labute approximate surface area is 310 Å². The molecular formula is C40H41F2N7O5. The molecule has 12 nitrogen and oxygen atoms in total. The molecule has 0 bridgehead atoms. The fourth-order valence-corrected chi connectivity index (χ4v) is 8.72. The molecule has 4 heterocycles. The van der Waals surface area contributed by atoms with Gasteiger partial charge in [-0.25, -0.2) is 13.8 Å². The van der Waals surface area contributed by atoms with Crippen LogP contribution >= 0.6 is 0 Å². The second-order valence-corrected chi connectivity index (χ2v) is 15.0. The predicted molar refractivity (Wildman–Crippen MR) is 196 cm³/mol. The van der Waals surface area contributed by atoms with Crippen LogP contribution in [0.5, 0.6) is 11.5 Å². The average Bonchev–Trinajstić information content (AvgIpc) is 3.58. The number of carbonyl (C=O) groups excluding carboxylic acids is 2. The number of rotatable bonds is 7. The lowest BCUT2D eigenvalue weighted by Crippen LogP contribution is -2.49. The molecule has 4 N–H and O–H groups in total. The van der Waals surface area contributed by atoms with E-state index in [2.05, 4.69) is 20.5 Å². The van der Waals surface area contributed by atoms with Gasteiger partial charge in [-0.1, -0.05) is 6.07 Å². The van der Waals surface area contributed by atoms with Crippen LogP contribution in [0.4, 0.5) is 20.2 Å². The van der Waals surface area contributed by atoms with Gasteiger partial charge in [0.15, 0.2) is 11.6 Å². The number of fused-ring (bicyclic) bond motifs is 1. The summed E-state index contributed by atoms with van der Waals surface area (Å²) in [6, 6.07) is 13.8. The van der Waals surface area contributed by atoms with Gasteiger partial charge in [-0.05, 0) is 105 Å². The second-order valence-electron chi connectivity index (χ2n) is 15.0. The van der Waals surface area contributed by atoms with E-state index in [4.69, 9.17) is 15.2 Å². The molecule has 4 aliphatic rings. The maximum atomic E-state index is 15.3.